The molecule has 2 rings (SSSR count). The van der Waals surface area contributed by atoms with Gasteiger partial charge in [0.1, 0.15) is 5.82 Å². The van der Waals surface area contributed by atoms with Crippen LogP contribution in [0.25, 0.3) is 0 Å². The number of hydrogen-bond donors (Lipinski definition) is 1. The normalized spacial score (nSPS) is 18.6. The average Bonchev–Trinajstić information content (AvgIpc) is 2.91. The molecule has 1 amide bonds. The number of carbonyl (C=O) groups is 1. The molecule has 1 aliphatic rings. The van der Waals surface area contributed by atoms with E-state index in [9.17, 15) is 9.18 Å². The second-order valence-corrected chi connectivity index (χ2v) is 5.10. The van der Waals surface area contributed by atoms with Gasteiger partial charge in [-0.15, -0.1) is 0 Å². The number of hydrogen-bond acceptors (Lipinski definition) is 2. The lowest BCUT2D eigenvalue weighted by Crippen LogP contribution is -2.41. The highest BCUT2D eigenvalue weighted by Gasteiger charge is 2.21. The summed E-state index contributed by atoms with van der Waals surface area (Å²) in [5.41, 5.74) is 1.08. The van der Waals surface area contributed by atoms with E-state index >= 15 is 0 Å². The molecule has 1 aromatic carbocycles. The molecule has 0 bridgehead atoms. The van der Waals surface area contributed by atoms with Gasteiger partial charge in [-0.3, -0.25) is 4.79 Å². The number of likely N-dealkylation sites (N-methyl/N-ethyl adjacent to an activating group) is 1. The van der Waals surface area contributed by atoms with E-state index in [1.165, 1.54) is 12.5 Å². The predicted molar refractivity (Wildman–Crippen MR) is 73.7 cm³/mol. The molecule has 4 heteroatoms. The number of nitrogens with one attached hydrogen (secondary N) is 1. The average molecular weight is 264 g/mol. The van der Waals surface area contributed by atoms with Crippen LogP contribution in [0.3, 0.4) is 0 Å². The minimum atomic E-state index is -0.267. The van der Waals surface area contributed by atoms with Crippen LogP contribution in [0, 0.1) is 12.7 Å². The lowest BCUT2D eigenvalue weighted by atomic mass is 10.1. The maximum atomic E-state index is 13.2. The van der Waals surface area contributed by atoms with Crippen LogP contribution in [0.15, 0.2) is 18.2 Å². The van der Waals surface area contributed by atoms with Crippen LogP contribution in [-0.2, 0) is 0 Å². The van der Waals surface area contributed by atoms with Gasteiger partial charge >= 0.3 is 0 Å². The van der Waals surface area contributed by atoms with E-state index in [2.05, 4.69) is 5.32 Å². The molecule has 3 nitrogen and oxygen atoms in total. The Hall–Kier alpha value is -1.42. The molecule has 0 aromatic heterocycles. The van der Waals surface area contributed by atoms with Crippen molar-refractivity contribution in [3.05, 3.63) is 35.1 Å². The van der Waals surface area contributed by atoms with Gasteiger partial charge in [0.2, 0.25) is 0 Å². The molecular formula is C15H21FN2O. The summed E-state index contributed by atoms with van der Waals surface area (Å²) in [6.07, 6.45) is 2.29. The third-order valence-electron chi connectivity index (χ3n) is 3.68. The molecule has 1 N–H and O–H groups in total. The standard InChI is InChI=1S/C15H21FN2O/c1-3-18(10-13-5-4-8-17-13)15(19)12-6-7-14(16)11(2)9-12/h6-7,9,13,17H,3-5,8,10H2,1-2H3. The lowest BCUT2D eigenvalue weighted by molar-refractivity contribution is 0.0751. The maximum absolute atomic E-state index is 13.2. The molecule has 0 spiro atoms. The topological polar surface area (TPSA) is 32.3 Å². The molecule has 1 aliphatic heterocycles. The third kappa shape index (κ3) is 3.32. The van der Waals surface area contributed by atoms with Gasteiger partial charge in [-0.1, -0.05) is 0 Å². The van der Waals surface area contributed by atoms with Crippen molar-refractivity contribution in [2.75, 3.05) is 19.6 Å². The summed E-state index contributed by atoms with van der Waals surface area (Å²) in [4.78, 5) is 14.2. The molecule has 0 saturated carbocycles. The number of amides is 1. The van der Waals surface area contributed by atoms with Crippen molar-refractivity contribution in [1.29, 1.82) is 0 Å². The van der Waals surface area contributed by atoms with Gasteiger partial charge in [-0.25, -0.2) is 4.39 Å². The first-order valence-corrected chi connectivity index (χ1v) is 6.90. The zero-order valence-electron chi connectivity index (χ0n) is 11.6. The highest BCUT2D eigenvalue weighted by Crippen LogP contribution is 2.13. The van der Waals surface area contributed by atoms with Gasteiger partial charge in [-0.2, -0.15) is 0 Å². The highest BCUT2D eigenvalue weighted by molar-refractivity contribution is 5.94. The quantitative estimate of drug-likeness (QED) is 0.905. The summed E-state index contributed by atoms with van der Waals surface area (Å²) < 4.78 is 13.2. The van der Waals surface area contributed by atoms with Crippen LogP contribution in [0.1, 0.15) is 35.7 Å². The Labute approximate surface area is 113 Å². The summed E-state index contributed by atoms with van der Waals surface area (Å²) in [6, 6.07) is 4.95. The van der Waals surface area contributed by atoms with E-state index in [0.29, 0.717) is 23.7 Å². The fourth-order valence-electron chi connectivity index (χ4n) is 2.49. The molecule has 1 aromatic rings. The molecule has 1 saturated heterocycles. The Kier molecular flexibility index (Phi) is 4.53. The van der Waals surface area contributed by atoms with E-state index in [-0.39, 0.29) is 11.7 Å². The van der Waals surface area contributed by atoms with Gasteiger partial charge in [-0.05, 0) is 57.0 Å². The van der Waals surface area contributed by atoms with Crippen molar-refractivity contribution < 1.29 is 9.18 Å². The summed E-state index contributed by atoms with van der Waals surface area (Å²) in [5.74, 6) is -0.281. The van der Waals surface area contributed by atoms with Gasteiger partial charge in [0.05, 0.1) is 0 Å². The summed E-state index contributed by atoms with van der Waals surface area (Å²) in [5, 5.41) is 3.39. The largest absolute Gasteiger partial charge is 0.337 e. The predicted octanol–water partition coefficient (Wildman–Crippen LogP) is 2.35. The van der Waals surface area contributed by atoms with Crippen LogP contribution in [0.2, 0.25) is 0 Å². The summed E-state index contributed by atoms with van der Waals surface area (Å²) >= 11 is 0. The van der Waals surface area contributed by atoms with E-state index < -0.39 is 0 Å². The van der Waals surface area contributed by atoms with Crippen LogP contribution >= 0.6 is 0 Å². The van der Waals surface area contributed by atoms with E-state index in [1.54, 1.807) is 19.1 Å². The Morgan fingerprint density at radius 3 is 2.89 bits per heavy atom. The third-order valence-corrected chi connectivity index (χ3v) is 3.68. The first kappa shape index (κ1) is 14.0. The fourth-order valence-corrected chi connectivity index (χ4v) is 2.49. The van der Waals surface area contributed by atoms with Crippen molar-refractivity contribution in [3.63, 3.8) is 0 Å². The fraction of sp³-hybridized carbons (Fsp3) is 0.533. The molecule has 1 unspecified atom stereocenters. The van der Waals surface area contributed by atoms with E-state index in [4.69, 9.17) is 0 Å². The number of aryl methyl sites for hydroxylation is 1. The number of benzene rings is 1. The number of rotatable bonds is 4. The number of nitrogens with zero attached hydrogens (tertiary/aromatic N) is 1. The van der Waals surface area contributed by atoms with Gasteiger partial charge in [0.25, 0.3) is 5.91 Å². The van der Waals surface area contributed by atoms with Crippen LogP contribution in [0.4, 0.5) is 4.39 Å². The molecule has 0 radical (unpaired) electrons. The molecule has 1 fully saturated rings. The number of halogens is 1. The van der Waals surface area contributed by atoms with Crippen molar-refractivity contribution in [2.24, 2.45) is 0 Å². The Morgan fingerprint density at radius 2 is 2.32 bits per heavy atom. The first-order chi connectivity index (χ1) is 9.11. The Balaban J connectivity index is 2.08. The minimum Gasteiger partial charge on any atom is -0.337 e. The van der Waals surface area contributed by atoms with Crippen LogP contribution in [-0.4, -0.2) is 36.5 Å². The monoisotopic (exact) mass is 264 g/mol. The maximum Gasteiger partial charge on any atom is 0.253 e. The van der Waals surface area contributed by atoms with Gasteiger partial charge < -0.3 is 10.2 Å². The molecular weight excluding hydrogens is 243 g/mol. The summed E-state index contributed by atoms with van der Waals surface area (Å²) in [6.45, 7) is 6.09. The van der Waals surface area contributed by atoms with Crippen molar-refractivity contribution in [1.82, 2.24) is 10.2 Å². The number of carbonyl (C=O) groups excluding carboxylic acids is 1. The van der Waals surface area contributed by atoms with Gasteiger partial charge in [0, 0.05) is 24.7 Å². The Morgan fingerprint density at radius 1 is 1.53 bits per heavy atom. The minimum absolute atomic E-state index is 0.0145. The smallest absolute Gasteiger partial charge is 0.253 e. The molecule has 0 aliphatic carbocycles. The first-order valence-electron chi connectivity index (χ1n) is 6.90. The van der Waals surface area contributed by atoms with Crippen molar-refractivity contribution >= 4 is 5.91 Å². The van der Waals surface area contributed by atoms with Crippen LogP contribution in [0.5, 0.6) is 0 Å². The lowest BCUT2D eigenvalue weighted by Gasteiger charge is -2.24. The molecule has 104 valence electrons. The van der Waals surface area contributed by atoms with E-state index in [0.717, 1.165) is 19.5 Å². The van der Waals surface area contributed by atoms with Crippen LogP contribution < -0.4 is 5.32 Å². The second-order valence-electron chi connectivity index (χ2n) is 5.10. The highest BCUT2D eigenvalue weighted by atomic mass is 19.1. The summed E-state index contributed by atoms with van der Waals surface area (Å²) in [7, 11) is 0. The Bertz CT molecular complexity index is 455. The molecule has 1 heterocycles. The van der Waals surface area contributed by atoms with E-state index in [1.807, 2.05) is 11.8 Å². The molecule has 19 heavy (non-hydrogen) atoms. The van der Waals surface area contributed by atoms with Crippen molar-refractivity contribution in [3.8, 4) is 0 Å². The molecule has 1 atom stereocenters. The zero-order chi connectivity index (χ0) is 13.8. The SMILES string of the molecule is CCN(CC1CCCN1)C(=O)c1ccc(F)c(C)c1. The second kappa shape index (κ2) is 6.15. The zero-order valence-corrected chi connectivity index (χ0v) is 11.6. The van der Waals surface area contributed by atoms with Gasteiger partial charge in [0.15, 0.2) is 0 Å². The van der Waals surface area contributed by atoms with Crippen molar-refractivity contribution in [2.45, 2.75) is 32.7 Å².